The van der Waals surface area contributed by atoms with Crippen molar-refractivity contribution in [2.75, 3.05) is 23.7 Å². The van der Waals surface area contributed by atoms with Gasteiger partial charge in [0, 0.05) is 29.8 Å². The van der Waals surface area contributed by atoms with Crippen molar-refractivity contribution in [1.29, 1.82) is 0 Å². The lowest BCUT2D eigenvalue weighted by Crippen LogP contribution is -2.27. The summed E-state index contributed by atoms with van der Waals surface area (Å²) < 4.78 is 0.364. The lowest BCUT2D eigenvalue weighted by Gasteiger charge is -2.23. The molecule has 1 N–H and O–H groups in total. The number of rotatable bonds is 2. The molecule has 2 rings (SSSR count). The summed E-state index contributed by atoms with van der Waals surface area (Å²) >= 11 is 2.03. The standard InChI is InChI=1S/C13H20N2OS/c1-13(2)4-6-15(7-8-17-13)12-9-11(10-16)3-5-14-12/h3,5,9,16H,4,6-8,10H2,1-2H3. The highest BCUT2D eigenvalue weighted by Crippen LogP contribution is 2.31. The number of aromatic nitrogens is 1. The zero-order chi connectivity index (χ0) is 12.3. The third-order valence-electron chi connectivity index (χ3n) is 3.15. The van der Waals surface area contributed by atoms with Gasteiger partial charge in [0.05, 0.1) is 6.61 Å². The summed E-state index contributed by atoms with van der Waals surface area (Å²) in [5.41, 5.74) is 0.936. The highest BCUT2D eigenvalue weighted by atomic mass is 32.2. The quantitative estimate of drug-likeness (QED) is 0.876. The summed E-state index contributed by atoms with van der Waals surface area (Å²) in [4.78, 5) is 6.73. The molecule has 0 spiro atoms. The molecule has 0 unspecified atom stereocenters. The van der Waals surface area contributed by atoms with E-state index < -0.39 is 0 Å². The van der Waals surface area contributed by atoms with Crippen LogP contribution in [0.2, 0.25) is 0 Å². The fraction of sp³-hybridized carbons (Fsp3) is 0.615. The van der Waals surface area contributed by atoms with Gasteiger partial charge in [-0.1, -0.05) is 13.8 Å². The number of nitrogens with zero attached hydrogens (tertiary/aromatic N) is 2. The van der Waals surface area contributed by atoms with E-state index in [-0.39, 0.29) is 6.61 Å². The Kier molecular flexibility index (Phi) is 3.94. The maximum atomic E-state index is 9.15. The number of aliphatic hydroxyl groups excluding tert-OH is 1. The Morgan fingerprint density at radius 2 is 2.29 bits per heavy atom. The molecule has 1 aliphatic heterocycles. The molecule has 0 amide bonds. The van der Waals surface area contributed by atoms with Gasteiger partial charge in [0.15, 0.2) is 0 Å². The van der Waals surface area contributed by atoms with E-state index in [0.29, 0.717) is 4.75 Å². The van der Waals surface area contributed by atoms with E-state index in [2.05, 4.69) is 23.7 Å². The van der Waals surface area contributed by atoms with Crippen molar-refractivity contribution in [3.8, 4) is 0 Å². The van der Waals surface area contributed by atoms with Gasteiger partial charge in [-0.05, 0) is 24.1 Å². The topological polar surface area (TPSA) is 36.4 Å². The van der Waals surface area contributed by atoms with Crippen molar-refractivity contribution < 1.29 is 5.11 Å². The first kappa shape index (κ1) is 12.7. The Hall–Kier alpha value is -0.740. The average molecular weight is 252 g/mol. The number of thioether (sulfide) groups is 1. The van der Waals surface area contributed by atoms with E-state index in [0.717, 1.165) is 30.2 Å². The first-order chi connectivity index (χ1) is 8.11. The van der Waals surface area contributed by atoms with Crippen LogP contribution in [-0.2, 0) is 6.61 Å². The van der Waals surface area contributed by atoms with Gasteiger partial charge in [0.25, 0.3) is 0 Å². The SMILES string of the molecule is CC1(C)CCN(c2cc(CO)ccn2)CCS1. The maximum absolute atomic E-state index is 9.15. The van der Waals surface area contributed by atoms with Gasteiger partial charge in [-0.15, -0.1) is 0 Å². The van der Waals surface area contributed by atoms with E-state index in [4.69, 9.17) is 5.11 Å². The smallest absolute Gasteiger partial charge is 0.128 e. The maximum Gasteiger partial charge on any atom is 0.128 e. The molecule has 1 aromatic heterocycles. The van der Waals surface area contributed by atoms with Gasteiger partial charge in [0.2, 0.25) is 0 Å². The first-order valence-corrected chi connectivity index (χ1v) is 7.04. The molecule has 0 radical (unpaired) electrons. The van der Waals surface area contributed by atoms with E-state index in [1.807, 2.05) is 23.9 Å². The summed E-state index contributed by atoms with van der Waals surface area (Å²) in [6, 6.07) is 3.85. The van der Waals surface area contributed by atoms with Crippen molar-refractivity contribution in [1.82, 2.24) is 4.98 Å². The second-order valence-electron chi connectivity index (χ2n) is 5.03. The van der Waals surface area contributed by atoms with E-state index in [1.165, 1.54) is 6.42 Å². The summed E-state index contributed by atoms with van der Waals surface area (Å²) in [6.45, 7) is 6.78. The zero-order valence-electron chi connectivity index (χ0n) is 10.5. The Morgan fingerprint density at radius 1 is 1.47 bits per heavy atom. The molecule has 94 valence electrons. The number of aliphatic hydroxyl groups is 1. The van der Waals surface area contributed by atoms with Gasteiger partial charge in [0.1, 0.15) is 5.82 Å². The molecule has 3 nitrogen and oxygen atoms in total. The Labute approximate surface area is 107 Å². The largest absolute Gasteiger partial charge is 0.392 e. The minimum absolute atomic E-state index is 0.0869. The monoisotopic (exact) mass is 252 g/mol. The fourth-order valence-electron chi connectivity index (χ4n) is 1.98. The third-order valence-corrected chi connectivity index (χ3v) is 4.53. The molecule has 0 saturated carbocycles. The van der Waals surface area contributed by atoms with Crippen LogP contribution in [0.25, 0.3) is 0 Å². The Bertz CT molecular complexity index is 381. The number of hydrogen-bond acceptors (Lipinski definition) is 4. The Balaban J connectivity index is 2.11. The lowest BCUT2D eigenvalue weighted by atomic mass is 10.1. The molecule has 1 fully saturated rings. The normalized spacial score (nSPS) is 20.1. The van der Waals surface area contributed by atoms with Crippen LogP contribution in [0.3, 0.4) is 0 Å². The molecule has 0 aliphatic carbocycles. The van der Waals surface area contributed by atoms with E-state index >= 15 is 0 Å². The van der Waals surface area contributed by atoms with Crippen LogP contribution in [0.1, 0.15) is 25.8 Å². The van der Waals surface area contributed by atoms with Crippen molar-refractivity contribution >= 4 is 17.6 Å². The third kappa shape index (κ3) is 3.36. The summed E-state index contributed by atoms with van der Waals surface area (Å²) in [5, 5.41) is 9.15. The fourth-order valence-corrected chi connectivity index (χ4v) is 3.08. The minimum Gasteiger partial charge on any atom is -0.392 e. The van der Waals surface area contributed by atoms with E-state index in [1.54, 1.807) is 6.20 Å². The van der Waals surface area contributed by atoms with Crippen LogP contribution in [0.15, 0.2) is 18.3 Å². The predicted molar refractivity (Wildman–Crippen MR) is 73.5 cm³/mol. The molecule has 4 heteroatoms. The van der Waals surface area contributed by atoms with Crippen molar-refractivity contribution in [2.24, 2.45) is 0 Å². The molecule has 17 heavy (non-hydrogen) atoms. The van der Waals surface area contributed by atoms with Crippen molar-refractivity contribution in [3.05, 3.63) is 23.9 Å². The summed E-state index contributed by atoms with van der Waals surface area (Å²) in [7, 11) is 0. The van der Waals surface area contributed by atoms with Gasteiger partial charge in [-0.3, -0.25) is 0 Å². The highest BCUT2D eigenvalue weighted by molar-refractivity contribution is 8.00. The molecule has 0 atom stereocenters. The van der Waals surface area contributed by atoms with Crippen LogP contribution < -0.4 is 4.90 Å². The molecular formula is C13H20N2OS. The van der Waals surface area contributed by atoms with Crippen LogP contribution in [0, 0.1) is 0 Å². The predicted octanol–water partition coefficient (Wildman–Crippen LogP) is 2.30. The molecule has 0 aromatic carbocycles. The van der Waals surface area contributed by atoms with Crippen LogP contribution in [0.4, 0.5) is 5.82 Å². The molecule has 1 aromatic rings. The molecule has 1 saturated heterocycles. The van der Waals surface area contributed by atoms with Gasteiger partial charge >= 0.3 is 0 Å². The molecule has 2 heterocycles. The summed E-state index contributed by atoms with van der Waals surface area (Å²) in [5.74, 6) is 2.13. The minimum atomic E-state index is 0.0869. The number of anilines is 1. The van der Waals surface area contributed by atoms with Crippen molar-refractivity contribution in [3.63, 3.8) is 0 Å². The van der Waals surface area contributed by atoms with Crippen LogP contribution >= 0.6 is 11.8 Å². The second kappa shape index (κ2) is 5.27. The number of hydrogen-bond donors (Lipinski definition) is 1. The lowest BCUT2D eigenvalue weighted by molar-refractivity contribution is 0.281. The first-order valence-electron chi connectivity index (χ1n) is 6.05. The molecular weight excluding hydrogens is 232 g/mol. The number of pyridine rings is 1. The highest BCUT2D eigenvalue weighted by Gasteiger charge is 2.24. The van der Waals surface area contributed by atoms with Gasteiger partial charge in [-0.25, -0.2) is 4.98 Å². The van der Waals surface area contributed by atoms with Crippen molar-refractivity contribution in [2.45, 2.75) is 31.6 Å². The van der Waals surface area contributed by atoms with Gasteiger partial charge in [-0.2, -0.15) is 11.8 Å². The zero-order valence-corrected chi connectivity index (χ0v) is 11.3. The molecule has 1 aliphatic rings. The van der Waals surface area contributed by atoms with Gasteiger partial charge < -0.3 is 10.0 Å². The van der Waals surface area contributed by atoms with E-state index in [9.17, 15) is 0 Å². The van der Waals surface area contributed by atoms with Crippen LogP contribution in [0.5, 0.6) is 0 Å². The summed E-state index contributed by atoms with van der Waals surface area (Å²) in [6.07, 6.45) is 2.95. The Morgan fingerprint density at radius 3 is 3.06 bits per heavy atom. The second-order valence-corrected chi connectivity index (χ2v) is 6.83. The average Bonchev–Trinajstić information content (AvgIpc) is 2.50. The van der Waals surface area contributed by atoms with Crippen LogP contribution in [-0.4, -0.2) is 33.7 Å². The molecule has 0 bridgehead atoms.